The van der Waals surface area contributed by atoms with Crippen LogP contribution in [0.3, 0.4) is 0 Å². The third-order valence-corrected chi connectivity index (χ3v) is 4.81. The van der Waals surface area contributed by atoms with E-state index >= 15 is 0 Å². The van der Waals surface area contributed by atoms with Crippen molar-refractivity contribution >= 4 is 11.9 Å². The first-order chi connectivity index (χ1) is 14.0. The van der Waals surface area contributed by atoms with Gasteiger partial charge in [-0.2, -0.15) is 0 Å². The molecule has 1 aliphatic rings. The second-order valence-electron chi connectivity index (χ2n) is 7.44. The molecule has 6 nitrogen and oxygen atoms in total. The van der Waals surface area contributed by atoms with Gasteiger partial charge < -0.3 is 19.5 Å². The van der Waals surface area contributed by atoms with Crippen LogP contribution in [0.4, 0.5) is 0 Å². The predicted octanol–water partition coefficient (Wildman–Crippen LogP) is 3.83. The summed E-state index contributed by atoms with van der Waals surface area (Å²) in [6.45, 7) is 6.77. The van der Waals surface area contributed by atoms with Gasteiger partial charge in [-0.25, -0.2) is 4.79 Å². The van der Waals surface area contributed by atoms with Crippen LogP contribution < -0.4 is 14.8 Å². The van der Waals surface area contributed by atoms with Crippen LogP contribution in [0.1, 0.15) is 47.8 Å². The maximum absolute atomic E-state index is 12.5. The zero-order valence-electron chi connectivity index (χ0n) is 17.1. The van der Waals surface area contributed by atoms with Gasteiger partial charge in [0, 0.05) is 6.42 Å². The Labute approximate surface area is 171 Å². The molecule has 0 fully saturated rings. The standard InChI is InChI=1S/C23H27NO5/c1-15(2)22(17-9-10-19-20(13-17)28-12-6-11-27-19)24-21(25)14-29-23(26)18-8-5-4-7-16(18)3/h4-5,7-10,13,15,22H,6,11-12,14H2,1-3H3,(H,24,25)/t22-/m1/s1. The number of fused-ring (bicyclic) bond motifs is 1. The topological polar surface area (TPSA) is 73.9 Å². The number of nitrogens with one attached hydrogen (secondary N) is 1. The molecule has 0 radical (unpaired) electrons. The Bertz CT molecular complexity index is 877. The van der Waals surface area contributed by atoms with Gasteiger partial charge in [0.25, 0.3) is 5.91 Å². The largest absolute Gasteiger partial charge is 0.490 e. The van der Waals surface area contributed by atoms with E-state index in [1.165, 1.54) is 0 Å². The summed E-state index contributed by atoms with van der Waals surface area (Å²) >= 11 is 0. The first kappa shape index (κ1) is 20.7. The molecule has 0 aromatic heterocycles. The highest BCUT2D eigenvalue weighted by Gasteiger charge is 2.22. The van der Waals surface area contributed by atoms with E-state index in [2.05, 4.69) is 5.32 Å². The van der Waals surface area contributed by atoms with Crippen molar-refractivity contribution in [2.75, 3.05) is 19.8 Å². The van der Waals surface area contributed by atoms with Crippen LogP contribution in [0.25, 0.3) is 0 Å². The molecule has 1 atom stereocenters. The fourth-order valence-corrected chi connectivity index (χ4v) is 3.23. The van der Waals surface area contributed by atoms with Crippen molar-refractivity contribution in [2.24, 2.45) is 5.92 Å². The van der Waals surface area contributed by atoms with Gasteiger partial charge in [0.1, 0.15) is 0 Å². The van der Waals surface area contributed by atoms with Gasteiger partial charge >= 0.3 is 5.97 Å². The van der Waals surface area contributed by atoms with E-state index in [1.807, 2.05) is 51.1 Å². The quantitative estimate of drug-likeness (QED) is 0.750. The predicted molar refractivity (Wildman–Crippen MR) is 109 cm³/mol. The highest BCUT2D eigenvalue weighted by atomic mass is 16.5. The summed E-state index contributed by atoms with van der Waals surface area (Å²) in [7, 11) is 0. The average Bonchev–Trinajstić information content (AvgIpc) is 2.95. The summed E-state index contributed by atoms with van der Waals surface area (Å²) in [5, 5.41) is 2.96. The molecule has 1 aliphatic heterocycles. The van der Waals surface area contributed by atoms with Crippen molar-refractivity contribution in [2.45, 2.75) is 33.2 Å². The average molecular weight is 397 g/mol. The van der Waals surface area contributed by atoms with Gasteiger partial charge in [0.15, 0.2) is 18.1 Å². The first-order valence-corrected chi connectivity index (χ1v) is 9.87. The lowest BCUT2D eigenvalue weighted by Gasteiger charge is -2.24. The number of carbonyl (C=O) groups excluding carboxylic acids is 2. The fraction of sp³-hybridized carbons (Fsp3) is 0.391. The molecule has 0 bridgehead atoms. The lowest BCUT2D eigenvalue weighted by molar-refractivity contribution is -0.125. The number of aryl methyl sites for hydroxylation is 1. The van der Waals surface area contributed by atoms with Crippen molar-refractivity contribution in [1.82, 2.24) is 5.32 Å². The summed E-state index contributed by atoms with van der Waals surface area (Å²) in [4.78, 5) is 24.7. The van der Waals surface area contributed by atoms with E-state index in [4.69, 9.17) is 14.2 Å². The van der Waals surface area contributed by atoms with E-state index in [9.17, 15) is 9.59 Å². The summed E-state index contributed by atoms with van der Waals surface area (Å²) in [6.07, 6.45) is 0.834. The number of esters is 1. The Hall–Kier alpha value is -3.02. The van der Waals surface area contributed by atoms with Gasteiger partial charge in [-0.1, -0.05) is 38.1 Å². The first-order valence-electron chi connectivity index (χ1n) is 9.87. The smallest absolute Gasteiger partial charge is 0.338 e. The molecule has 154 valence electrons. The second kappa shape index (κ2) is 9.45. The summed E-state index contributed by atoms with van der Waals surface area (Å²) in [6, 6.07) is 12.6. The minimum atomic E-state index is -0.505. The van der Waals surface area contributed by atoms with Gasteiger partial charge in [0.2, 0.25) is 0 Å². The van der Waals surface area contributed by atoms with E-state index in [-0.39, 0.29) is 24.5 Å². The number of rotatable bonds is 6. The number of hydrogen-bond acceptors (Lipinski definition) is 5. The van der Waals surface area contributed by atoms with Crippen molar-refractivity contribution in [1.29, 1.82) is 0 Å². The Balaban J connectivity index is 1.64. The molecule has 2 aromatic carbocycles. The lowest BCUT2D eigenvalue weighted by Crippen LogP contribution is -2.35. The molecule has 0 saturated heterocycles. The molecule has 29 heavy (non-hydrogen) atoms. The lowest BCUT2D eigenvalue weighted by atomic mass is 9.95. The Morgan fingerprint density at radius 2 is 1.79 bits per heavy atom. The zero-order chi connectivity index (χ0) is 20.8. The molecule has 6 heteroatoms. The van der Waals surface area contributed by atoms with E-state index < -0.39 is 5.97 Å². The highest BCUT2D eigenvalue weighted by Crippen LogP contribution is 2.34. The Morgan fingerprint density at radius 3 is 2.52 bits per heavy atom. The Kier molecular flexibility index (Phi) is 6.75. The van der Waals surface area contributed by atoms with Crippen molar-refractivity contribution in [3.8, 4) is 11.5 Å². The van der Waals surface area contributed by atoms with Crippen molar-refractivity contribution in [3.05, 3.63) is 59.2 Å². The number of ether oxygens (including phenoxy) is 3. The number of amides is 1. The molecule has 1 heterocycles. The molecular weight excluding hydrogens is 370 g/mol. The molecule has 0 unspecified atom stereocenters. The Morgan fingerprint density at radius 1 is 1.07 bits per heavy atom. The van der Waals surface area contributed by atoms with Crippen molar-refractivity contribution in [3.63, 3.8) is 0 Å². The molecule has 2 aromatic rings. The number of hydrogen-bond donors (Lipinski definition) is 1. The minimum absolute atomic E-state index is 0.135. The van der Waals surface area contributed by atoms with E-state index in [0.717, 1.165) is 17.5 Å². The maximum Gasteiger partial charge on any atom is 0.338 e. The minimum Gasteiger partial charge on any atom is -0.490 e. The zero-order valence-corrected chi connectivity index (χ0v) is 17.1. The normalized spacial score (nSPS) is 14.1. The second-order valence-corrected chi connectivity index (χ2v) is 7.44. The van der Waals surface area contributed by atoms with Crippen molar-refractivity contribution < 1.29 is 23.8 Å². The molecule has 0 spiro atoms. The summed E-state index contributed by atoms with van der Waals surface area (Å²) in [5.74, 6) is 0.682. The van der Waals surface area contributed by atoms with Crippen LogP contribution in [0.5, 0.6) is 11.5 Å². The van der Waals surface area contributed by atoms with E-state index in [0.29, 0.717) is 30.3 Å². The maximum atomic E-state index is 12.5. The third kappa shape index (κ3) is 5.28. The van der Waals surface area contributed by atoms with Gasteiger partial charge in [-0.3, -0.25) is 4.79 Å². The summed E-state index contributed by atoms with van der Waals surface area (Å²) in [5.41, 5.74) is 2.19. The van der Waals surface area contributed by atoms with Crippen LogP contribution >= 0.6 is 0 Å². The number of carbonyl (C=O) groups is 2. The summed E-state index contributed by atoms with van der Waals surface area (Å²) < 4.78 is 16.6. The highest BCUT2D eigenvalue weighted by molar-refractivity contribution is 5.92. The van der Waals surface area contributed by atoms with Gasteiger partial charge in [-0.15, -0.1) is 0 Å². The van der Waals surface area contributed by atoms with Crippen LogP contribution in [0.2, 0.25) is 0 Å². The van der Waals surface area contributed by atoms with Crippen LogP contribution in [0.15, 0.2) is 42.5 Å². The van der Waals surface area contributed by atoms with Gasteiger partial charge in [-0.05, 0) is 42.2 Å². The van der Waals surface area contributed by atoms with Crippen LogP contribution in [-0.4, -0.2) is 31.7 Å². The third-order valence-electron chi connectivity index (χ3n) is 4.81. The molecule has 0 aliphatic carbocycles. The number of benzene rings is 2. The molecule has 3 rings (SSSR count). The molecular formula is C23H27NO5. The van der Waals surface area contributed by atoms with Gasteiger partial charge in [0.05, 0.1) is 24.8 Å². The molecule has 0 saturated carbocycles. The van der Waals surface area contributed by atoms with Crippen LogP contribution in [0, 0.1) is 12.8 Å². The molecule has 1 amide bonds. The monoisotopic (exact) mass is 397 g/mol. The van der Waals surface area contributed by atoms with E-state index in [1.54, 1.807) is 12.1 Å². The van der Waals surface area contributed by atoms with Crippen LogP contribution in [-0.2, 0) is 9.53 Å². The molecule has 1 N–H and O–H groups in total. The fourth-order valence-electron chi connectivity index (χ4n) is 3.23. The SMILES string of the molecule is Cc1ccccc1C(=O)OCC(=O)N[C@@H](c1ccc2c(c1)OCCCO2)C(C)C.